The topological polar surface area (TPSA) is 17.1 Å². The minimum atomic E-state index is -4.12. The smallest absolute Gasteiger partial charge is 0.299 e. The SMILES string of the molecule is CCCC(=O)C1CCCC(C(F)(F)F)C1. The van der Waals surface area contributed by atoms with Gasteiger partial charge in [-0.05, 0) is 25.7 Å². The Hall–Kier alpha value is -0.540. The number of halogens is 3. The second-order valence-electron chi connectivity index (χ2n) is 4.32. The van der Waals surface area contributed by atoms with Crippen LogP contribution in [0.5, 0.6) is 0 Å². The Morgan fingerprint density at radius 2 is 2.00 bits per heavy atom. The molecule has 0 aliphatic heterocycles. The van der Waals surface area contributed by atoms with E-state index in [4.69, 9.17) is 0 Å². The monoisotopic (exact) mass is 222 g/mol. The van der Waals surface area contributed by atoms with E-state index in [1.54, 1.807) is 0 Å². The number of Topliss-reactive ketones (excluding diaryl/α,β-unsaturated/α-hetero) is 1. The van der Waals surface area contributed by atoms with Gasteiger partial charge in [0, 0.05) is 12.3 Å². The first-order valence-corrected chi connectivity index (χ1v) is 5.54. The van der Waals surface area contributed by atoms with E-state index in [2.05, 4.69) is 0 Å². The van der Waals surface area contributed by atoms with E-state index in [9.17, 15) is 18.0 Å². The molecule has 2 unspecified atom stereocenters. The number of ketones is 1. The van der Waals surface area contributed by atoms with Gasteiger partial charge in [0.2, 0.25) is 0 Å². The molecule has 1 saturated carbocycles. The summed E-state index contributed by atoms with van der Waals surface area (Å²) >= 11 is 0. The van der Waals surface area contributed by atoms with E-state index >= 15 is 0 Å². The molecule has 1 fully saturated rings. The Balaban J connectivity index is 2.52. The van der Waals surface area contributed by atoms with Crippen molar-refractivity contribution in [3.8, 4) is 0 Å². The number of hydrogen-bond donors (Lipinski definition) is 0. The molecule has 15 heavy (non-hydrogen) atoms. The molecule has 0 aromatic heterocycles. The van der Waals surface area contributed by atoms with Crippen molar-refractivity contribution in [2.45, 2.75) is 51.6 Å². The lowest BCUT2D eigenvalue weighted by molar-refractivity contribution is -0.186. The Morgan fingerprint density at radius 3 is 2.53 bits per heavy atom. The third kappa shape index (κ3) is 3.50. The van der Waals surface area contributed by atoms with Crippen LogP contribution in [-0.2, 0) is 4.79 Å². The van der Waals surface area contributed by atoms with Crippen LogP contribution in [-0.4, -0.2) is 12.0 Å². The highest BCUT2D eigenvalue weighted by Gasteiger charge is 2.43. The van der Waals surface area contributed by atoms with E-state index in [0.29, 0.717) is 19.3 Å². The molecule has 0 amide bonds. The summed E-state index contributed by atoms with van der Waals surface area (Å²) in [6.45, 7) is 1.88. The molecule has 1 aliphatic rings. The van der Waals surface area contributed by atoms with Crippen LogP contribution in [0, 0.1) is 11.8 Å². The minimum Gasteiger partial charge on any atom is -0.299 e. The van der Waals surface area contributed by atoms with Crippen LogP contribution >= 0.6 is 0 Å². The van der Waals surface area contributed by atoms with Crippen molar-refractivity contribution >= 4 is 5.78 Å². The molecule has 4 heteroatoms. The zero-order chi connectivity index (χ0) is 11.5. The van der Waals surface area contributed by atoms with E-state index in [1.165, 1.54) is 0 Å². The number of alkyl halides is 3. The first-order chi connectivity index (χ1) is 6.95. The summed E-state index contributed by atoms with van der Waals surface area (Å²) in [6.07, 6.45) is -1.58. The highest BCUT2D eigenvalue weighted by molar-refractivity contribution is 5.81. The summed E-state index contributed by atoms with van der Waals surface area (Å²) in [5.74, 6) is -1.58. The molecule has 1 rings (SSSR count). The van der Waals surface area contributed by atoms with Gasteiger partial charge in [-0.25, -0.2) is 0 Å². The van der Waals surface area contributed by atoms with Crippen LogP contribution in [0.25, 0.3) is 0 Å². The summed E-state index contributed by atoms with van der Waals surface area (Å²) in [6, 6.07) is 0. The molecule has 0 saturated heterocycles. The Labute approximate surface area is 88.0 Å². The van der Waals surface area contributed by atoms with Crippen LogP contribution in [0.3, 0.4) is 0 Å². The average molecular weight is 222 g/mol. The molecule has 1 nitrogen and oxygen atoms in total. The fourth-order valence-electron chi connectivity index (χ4n) is 2.23. The normalized spacial score (nSPS) is 27.7. The molecular weight excluding hydrogens is 205 g/mol. The van der Waals surface area contributed by atoms with Gasteiger partial charge in [0.25, 0.3) is 0 Å². The molecule has 88 valence electrons. The van der Waals surface area contributed by atoms with Crippen molar-refractivity contribution in [1.82, 2.24) is 0 Å². The second kappa shape index (κ2) is 4.99. The summed E-state index contributed by atoms with van der Waals surface area (Å²) in [5, 5.41) is 0. The van der Waals surface area contributed by atoms with Crippen molar-refractivity contribution in [2.24, 2.45) is 11.8 Å². The molecule has 0 radical (unpaired) electrons. The Morgan fingerprint density at radius 1 is 1.33 bits per heavy atom. The first kappa shape index (κ1) is 12.5. The predicted octanol–water partition coefficient (Wildman–Crippen LogP) is 3.72. The van der Waals surface area contributed by atoms with Gasteiger partial charge >= 0.3 is 6.18 Å². The summed E-state index contributed by atoms with van der Waals surface area (Å²) in [4.78, 5) is 11.5. The predicted molar refractivity (Wildman–Crippen MR) is 51.4 cm³/mol. The van der Waals surface area contributed by atoms with Crippen molar-refractivity contribution in [1.29, 1.82) is 0 Å². The number of hydrogen-bond acceptors (Lipinski definition) is 1. The zero-order valence-electron chi connectivity index (χ0n) is 8.94. The van der Waals surface area contributed by atoms with Gasteiger partial charge in [-0.15, -0.1) is 0 Å². The average Bonchev–Trinajstić information content (AvgIpc) is 2.17. The van der Waals surface area contributed by atoms with Gasteiger partial charge < -0.3 is 0 Å². The highest BCUT2D eigenvalue weighted by atomic mass is 19.4. The number of carbonyl (C=O) groups excluding carboxylic acids is 1. The molecule has 2 atom stereocenters. The van der Waals surface area contributed by atoms with Gasteiger partial charge in [0.1, 0.15) is 5.78 Å². The summed E-state index contributed by atoms with van der Waals surface area (Å²) < 4.78 is 37.4. The maximum atomic E-state index is 12.5. The van der Waals surface area contributed by atoms with Crippen molar-refractivity contribution in [3.05, 3.63) is 0 Å². The highest BCUT2D eigenvalue weighted by Crippen LogP contribution is 2.40. The Kier molecular flexibility index (Phi) is 4.17. The van der Waals surface area contributed by atoms with Crippen molar-refractivity contribution < 1.29 is 18.0 Å². The quantitative estimate of drug-likeness (QED) is 0.711. The van der Waals surface area contributed by atoms with Gasteiger partial charge in [-0.2, -0.15) is 13.2 Å². The van der Waals surface area contributed by atoms with E-state index < -0.39 is 12.1 Å². The first-order valence-electron chi connectivity index (χ1n) is 5.54. The number of rotatable bonds is 3. The van der Waals surface area contributed by atoms with Gasteiger partial charge in [-0.3, -0.25) is 4.79 Å². The maximum absolute atomic E-state index is 12.5. The maximum Gasteiger partial charge on any atom is 0.391 e. The van der Waals surface area contributed by atoms with Crippen LogP contribution in [0.4, 0.5) is 13.2 Å². The number of carbonyl (C=O) groups is 1. The van der Waals surface area contributed by atoms with E-state index in [1.807, 2.05) is 6.92 Å². The lowest BCUT2D eigenvalue weighted by atomic mass is 9.78. The van der Waals surface area contributed by atoms with E-state index in [-0.39, 0.29) is 24.5 Å². The lowest BCUT2D eigenvalue weighted by Gasteiger charge is -2.29. The van der Waals surface area contributed by atoms with E-state index in [0.717, 1.165) is 6.42 Å². The van der Waals surface area contributed by atoms with Crippen LogP contribution in [0.2, 0.25) is 0 Å². The molecule has 0 aromatic rings. The fourth-order valence-corrected chi connectivity index (χ4v) is 2.23. The molecule has 0 bridgehead atoms. The third-order valence-corrected chi connectivity index (χ3v) is 3.09. The van der Waals surface area contributed by atoms with Crippen molar-refractivity contribution in [3.63, 3.8) is 0 Å². The van der Waals surface area contributed by atoms with Crippen molar-refractivity contribution in [2.75, 3.05) is 0 Å². The summed E-state index contributed by atoms with van der Waals surface area (Å²) in [7, 11) is 0. The second-order valence-corrected chi connectivity index (χ2v) is 4.32. The van der Waals surface area contributed by atoms with Gasteiger partial charge in [-0.1, -0.05) is 13.3 Å². The lowest BCUT2D eigenvalue weighted by Crippen LogP contribution is -2.31. The zero-order valence-corrected chi connectivity index (χ0v) is 8.94. The third-order valence-electron chi connectivity index (χ3n) is 3.09. The molecule has 0 N–H and O–H groups in total. The molecule has 0 spiro atoms. The molecule has 0 heterocycles. The molecular formula is C11H17F3O. The largest absolute Gasteiger partial charge is 0.391 e. The fraction of sp³-hybridized carbons (Fsp3) is 0.909. The van der Waals surface area contributed by atoms with Gasteiger partial charge in [0.05, 0.1) is 5.92 Å². The summed E-state index contributed by atoms with van der Waals surface area (Å²) in [5.41, 5.74) is 0. The minimum absolute atomic E-state index is 0.0162. The van der Waals surface area contributed by atoms with Crippen LogP contribution < -0.4 is 0 Å². The van der Waals surface area contributed by atoms with Gasteiger partial charge in [0.15, 0.2) is 0 Å². The Bertz CT molecular complexity index is 222. The molecule has 0 aromatic carbocycles. The van der Waals surface area contributed by atoms with Crippen LogP contribution in [0.15, 0.2) is 0 Å². The van der Waals surface area contributed by atoms with Crippen LogP contribution in [0.1, 0.15) is 45.4 Å². The molecule has 1 aliphatic carbocycles. The standard InChI is InChI=1S/C11H17F3O/c1-2-4-10(15)8-5-3-6-9(7-8)11(12,13)14/h8-9H,2-7H2,1H3.